The lowest BCUT2D eigenvalue weighted by molar-refractivity contribution is -0.140. The monoisotopic (exact) mass is 251 g/mol. The van der Waals surface area contributed by atoms with E-state index in [1.807, 2.05) is 19.1 Å². The molecule has 18 heavy (non-hydrogen) atoms. The fraction of sp³-hybridized carbons (Fsp3) is 0.462. The second-order valence-corrected chi connectivity index (χ2v) is 4.43. The van der Waals surface area contributed by atoms with Gasteiger partial charge in [-0.2, -0.15) is 0 Å². The Kier molecular flexibility index (Phi) is 3.60. The van der Waals surface area contributed by atoms with E-state index in [9.17, 15) is 4.79 Å². The number of hydrogen-bond donors (Lipinski definition) is 2. The third kappa shape index (κ3) is 2.67. The molecule has 5 heteroatoms. The highest BCUT2D eigenvalue weighted by Gasteiger charge is 2.15. The summed E-state index contributed by atoms with van der Waals surface area (Å²) in [6.07, 6.45) is 0. The van der Waals surface area contributed by atoms with Gasteiger partial charge in [0, 0.05) is 18.3 Å². The topological polar surface area (TPSA) is 67.8 Å². The smallest absolute Gasteiger partial charge is 0.308 e. The molecular formula is C13H17NO4. The number of nitrogens with one attached hydrogen (secondary N) is 1. The number of carboxylic acid groups (broad SMARTS) is 1. The SMILES string of the molecule is Cc1cc2c(cc1NCC(C)C(=O)O)OCCO2. The second-order valence-electron chi connectivity index (χ2n) is 4.43. The van der Waals surface area contributed by atoms with Gasteiger partial charge in [0.15, 0.2) is 11.5 Å². The Hall–Kier alpha value is -1.91. The minimum Gasteiger partial charge on any atom is -0.486 e. The first-order valence-corrected chi connectivity index (χ1v) is 5.95. The molecule has 0 spiro atoms. The van der Waals surface area contributed by atoms with Crippen LogP contribution in [0.2, 0.25) is 0 Å². The van der Waals surface area contributed by atoms with Crippen LogP contribution in [0, 0.1) is 12.8 Å². The molecule has 1 aliphatic heterocycles. The summed E-state index contributed by atoms with van der Waals surface area (Å²) in [5.41, 5.74) is 1.89. The summed E-state index contributed by atoms with van der Waals surface area (Å²) in [4.78, 5) is 10.8. The standard InChI is InChI=1S/C13H17NO4/c1-8-5-11-12(18-4-3-17-11)6-10(8)14-7-9(2)13(15)16/h5-6,9,14H,3-4,7H2,1-2H3,(H,15,16). The van der Waals surface area contributed by atoms with Crippen LogP contribution in [0.5, 0.6) is 11.5 Å². The number of carbonyl (C=O) groups is 1. The van der Waals surface area contributed by atoms with Crippen LogP contribution in [0.25, 0.3) is 0 Å². The molecule has 0 fully saturated rings. The van der Waals surface area contributed by atoms with Crippen LogP contribution < -0.4 is 14.8 Å². The van der Waals surface area contributed by atoms with Crippen LogP contribution in [0.1, 0.15) is 12.5 Å². The van der Waals surface area contributed by atoms with E-state index < -0.39 is 11.9 Å². The number of ether oxygens (including phenoxy) is 2. The molecule has 1 heterocycles. The van der Waals surface area contributed by atoms with Gasteiger partial charge < -0.3 is 19.9 Å². The molecule has 0 radical (unpaired) electrons. The molecule has 0 aliphatic carbocycles. The van der Waals surface area contributed by atoms with Gasteiger partial charge in [-0.1, -0.05) is 6.92 Å². The molecule has 1 aromatic rings. The number of hydrogen-bond acceptors (Lipinski definition) is 4. The van der Waals surface area contributed by atoms with Crippen LogP contribution in [0.15, 0.2) is 12.1 Å². The van der Waals surface area contributed by atoms with E-state index in [1.165, 1.54) is 0 Å². The van der Waals surface area contributed by atoms with Crippen molar-refractivity contribution in [3.05, 3.63) is 17.7 Å². The van der Waals surface area contributed by atoms with Crippen molar-refractivity contribution in [3.8, 4) is 11.5 Å². The largest absolute Gasteiger partial charge is 0.486 e. The number of aliphatic carboxylic acids is 1. The second kappa shape index (κ2) is 5.16. The number of aryl methyl sites for hydroxylation is 1. The fourth-order valence-electron chi connectivity index (χ4n) is 1.73. The molecule has 98 valence electrons. The zero-order valence-corrected chi connectivity index (χ0v) is 10.5. The van der Waals surface area contributed by atoms with E-state index in [0.717, 1.165) is 17.0 Å². The molecule has 0 aromatic heterocycles. The maximum absolute atomic E-state index is 10.8. The van der Waals surface area contributed by atoms with Gasteiger partial charge >= 0.3 is 5.97 Å². The summed E-state index contributed by atoms with van der Waals surface area (Å²) in [7, 11) is 0. The Bertz CT molecular complexity index is 459. The summed E-state index contributed by atoms with van der Waals surface area (Å²) < 4.78 is 11.0. The van der Waals surface area contributed by atoms with Gasteiger partial charge in [0.2, 0.25) is 0 Å². The summed E-state index contributed by atoms with van der Waals surface area (Å²) in [5, 5.41) is 12.0. The summed E-state index contributed by atoms with van der Waals surface area (Å²) in [6, 6.07) is 3.76. The maximum atomic E-state index is 10.8. The Morgan fingerprint density at radius 3 is 2.61 bits per heavy atom. The Morgan fingerprint density at radius 2 is 2.00 bits per heavy atom. The van der Waals surface area contributed by atoms with E-state index in [-0.39, 0.29) is 0 Å². The molecular weight excluding hydrogens is 234 g/mol. The van der Waals surface area contributed by atoms with Gasteiger partial charge in [0.1, 0.15) is 13.2 Å². The molecule has 0 amide bonds. The number of rotatable bonds is 4. The van der Waals surface area contributed by atoms with Crippen molar-refractivity contribution in [3.63, 3.8) is 0 Å². The molecule has 1 aromatic carbocycles. The Morgan fingerprint density at radius 1 is 1.39 bits per heavy atom. The summed E-state index contributed by atoms with van der Waals surface area (Å²) >= 11 is 0. The van der Waals surface area contributed by atoms with Crippen LogP contribution in [0.3, 0.4) is 0 Å². The molecule has 1 unspecified atom stereocenters. The van der Waals surface area contributed by atoms with E-state index >= 15 is 0 Å². The van der Waals surface area contributed by atoms with Crippen molar-refractivity contribution in [2.45, 2.75) is 13.8 Å². The van der Waals surface area contributed by atoms with Gasteiger partial charge in [0.05, 0.1) is 5.92 Å². The van der Waals surface area contributed by atoms with Crippen LogP contribution in [0.4, 0.5) is 5.69 Å². The van der Waals surface area contributed by atoms with Gasteiger partial charge in [0.25, 0.3) is 0 Å². The average Bonchev–Trinajstić information content (AvgIpc) is 2.35. The first kappa shape index (κ1) is 12.5. The Labute approximate surface area is 106 Å². The summed E-state index contributed by atoms with van der Waals surface area (Å²) in [6.45, 7) is 5.11. The normalized spacial score (nSPS) is 15.0. The molecule has 5 nitrogen and oxygen atoms in total. The van der Waals surface area contributed by atoms with Crippen molar-refractivity contribution in [2.75, 3.05) is 25.1 Å². The van der Waals surface area contributed by atoms with Crippen molar-refractivity contribution in [2.24, 2.45) is 5.92 Å². The van der Waals surface area contributed by atoms with E-state index in [1.54, 1.807) is 6.92 Å². The first-order valence-electron chi connectivity index (χ1n) is 5.95. The lowest BCUT2D eigenvalue weighted by Crippen LogP contribution is -2.20. The molecule has 0 saturated heterocycles. The lowest BCUT2D eigenvalue weighted by atomic mass is 10.1. The van der Waals surface area contributed by atoms with E-state index in [0.29, 0.717) is 25.5 Å². The van der Waals surface area contributed by atoms with Crippen LogP contribution in [-0.2, 0) is 4.79 Å². The molecule has 0 saturated carbocycles. The van der Waals surface area contributed by atoms with Crippen molar-refractivity contribution in [1.82, 2.24) is 0 Å². The quantitative estimate of drug-likeness (QED) is 0.855. The third-order valence-electron chi connectivity index (χ3n) is 2.91. The highest BCUT2D eigenvalue weighted by atomic mass is 16.6. The number of carboxylic acids is 1. The third-order valence-corrected chi connectivity index (χ3v) is 2.91. The van der Waals surface area contributed by atoms with Crippen LogP contribution in [-0.4, -0.2) is 30.8 Å². The number of anilines is 1. The molecule has 2 rings (SSSR count). The van der Waals surface area contributed by atoms with Crippen molar-refractivity contribution in [1.29, 1.82) is 0 Å². The zero-order chi connectivity index (χ0) is 13.1. The summed E-state index contributed by atoms with van der Waals surface area (Å²) in [5.74, 6) is 0.211. The van der Waals surface area contributed by atoms with Crippen LogP contribution >= 0.6 is 0 Å². The molecule has 1 atom stereocenters. The minimum atomic E-state index is -0.808. The highest BCUT2D eigenvalue weighted by Crippen LogP contribution is 2.35. The predicted octanol–water partition coefficient (Wildman–Crippen LogP) is 1.90. The van der Waals surface area contributed by atoms with Gasteiger partial charge in [-0.3, -0.25) is 4.79 Å². The minimum absolute atomic E-state index is 0.385. The number of benzene rings is 1. The Balaban J connectivity index is 2.11. The average molecular weight is 251 g/mol. The highest BCUT2D eigenvalue weighted by molar-refractivity contribution is 5.70. The fourth-order valence-corrected chi connectivity index (χ4v) is 1.73. The first-order chi connectivity index (χ1) is 8.58. The maximum Gasteiger partial charge on any atom is 0.308 e. The predicted molar refractivity (Wildman–Crippen MR) is 67.5 cm³/mol. The van der Waals surface area contributed by atoms with Gasteiger partial charge in [-0.15, -0.1) is 0 Å². The van der Waals surface area contributed by atoms with Gasteiger partial charge in [-0.25, -0.2) is 0 Å². The van der Waals surface area contributed by atoms with E-state index in [2.05, 4.69) is 5.32 Å². The van der Waals surface area contributed by atoms with E-state index in [4.69, 9.17) is 14.6 Å². The molecule has 2 N–H and O–H groups in total. The molecule has 0 bridgehead atoms. The van der Waals surface area contributed by atoms with Crippen molar-refractivity contribution >= 4 is 11.7 Å². The number of fused-ring (bicyclic) bond motifs is 1. The zero-order valence-electron chi connectivity index (χ0n) is 10.5. The van der Waals surface area contributed by atoms with Crippen molar-refractivity contribution < 1.29 is 19.4 Å². The molecule has 1 aliphatic rings. The van der Waals surface area contributed by atoms with Gasteiger partial charge in [-0.05, 0) is 18.6 Å². The lowest BCUT2D eigenvalue weighted by Gasteiger charge is -2.21.